The number of carbonyl (C=O) groups excluding carboxylic acids is 1. The SMILES string of the molecule is [N-]=[N+]=Nc1ccccc1C(=O)SCCc1ccccc1. The first kappa shape index (κ1) is 14.2. The number of azide groups is 1. The Kier molecular flexibility index (Phi) is 5.24. The Labute approximate surface area is 121 Å². The molecule has 20 heavy (non-hydrogen) atoms. The Morgan fingerprint density at radius 3 is 2.55 bits per heavy atom. The van der Waals surface area contributed by atoms with Gasteiger partial charge in [-0.2, -0.15) is 0 Å². The maximum Gasteiger partial charge on any atom is 0.219 e. The minimum absolute atomic E-state index is 0.0658. The monoisotopic (exact) mass is 283 g/mol. The average Bonchev–Trinajstić information content (AvgIpc) is 2.49. The quantitative estimate of drug-likeness (QED) is 0.451. The third kappa shape index (κ3) is 3.88. The molecule has 100 valence electrons. The van der Waals surface area contributed by atoms with Gasteiger partial charge in [0.05, 0.1) is 0 Å². The second-order valence-corrected chi connectivity index (χ2v) is 5.15. The van der Waals surface area contributed by atoms with Crippen molar-refractivity contribution in [2.45, 2.75) is 6.42 Å². The van der Waals surface area contributed by atoms with Crippen LogP contribution in [-0.4, -0.2) is 10.9 Å². The molecule has 0 spiro atoms. The van der Waals surface area contributed by atoms with Gasteiger partial charge in [-0.05, 0) is 17.5 Å². The predicted octanol–water partition coefficient (Wildman–Crippen LogP) is 4.74. The molecule has 2 rings (SSSR count). The van der Waals surface area contributed by atoms with Gasteiger partial charge in [0.2, 0.25) is 5.12 Å². The van der Waals surface area contributed by atoms with Crippen molar-refractivity contribution in [1.82, 2.24) is 0 Å². The molecular formula is C15H13N3OS. The normalized spacial score (nSPS) is 9.80. The summed E-state index contributed by atoms with van der Waals surface area (Å²) < 4.78 is 0. The van der Waals surface area contributed by atoms with Gasteiger partial charge in [0.25, 0.3) is 0 Å². The maximum absolute atomic E-state index is 12.1. The lowest BCUT2D eigenvalue weighted by Crippen LogP contribution is -1.97. The highest BCUT2D eigenvalue weighted by molar-refractivity contribution is 8.14. The van der Waals surface area contributed by atoms with Crippen LogP contribution in [0.1, 0.15) is 15.9 Å². The molecule has 4 nitrogen and oxygen atoms in total. The van der Waals surface area contributed by atoms with Gasteiger partial charge >= 0.3 is 0 Å². The third-order valence-corrected chi connectivity index (χ3v) is 3.63. The molecule has 0 aliphatic carbocycles. The third-order valence-electron chi connectivity index (χ3n) is 2.74. The summed E-state index contributed by atoms with van der Waals surface area (Å²) in [5.74, 6) is 0.702. The smallest absolute Gasteiger partial charge is 0.219 e. The molecule has 0 bridgehead atoms. The molecule has 0 saturated carbocycles. The van der Waals surface area contributed by atoms with Gasteiger partial charge in [-0.3, -0.25) is 4.79 Å². The Balaban J connectivity index is 1.97. The van der Waals surface area contributed by atoms with Gasteiger partial charge in [0.15, 0.2) is 0 Å². The van der Waals surface area contributed by atoms with Crippen molar-refractivity contribution in [2.24, 2.45) is 5.11 Å². The molecule has 0 saturated heterocycles. The summed E-state index contributed by atoms with van der Waals surface area (Å²) in [7, 11) is 0. The number of nitrogens with zero attached hydrogens (tertiary/aromatic N) is 3. The fraction of sp³-hybridized carbons (Fsp3) is 0.133. The first-order valence-corrected chi connectivity index (χ1v) is 7.15. The van der Waals surface area contributed by atoms with E-state index in [0.29, 0.717) is 17.0 Å². The van der Waals surface area contributed by atoms with E-state index < -0.39 is 0 Å². The first-order valence-electron chi connectivity index (χ1n) is 6.16. The van der Waals surface area contributed by atoms with E-state index >= 15 is 0 Å². The lowest BCUT2D eigenvalue weighted by Gasteiger charge is -2.04. The van der Waals surface area contributed by atoms with Crippen LogP contribution < -0.4 is 0 Å². The molecule has 0 radical (unpaired) electrons. The average molecular weight is 283 g/mol. The molecule has 0 amide bonds. The van der Waals surface area contributed by atoms with Gasteiger partial charge < -0.3 is 0 Å². The molecule has 0 unspecified atom stereocenters. The zero-order valence-electron chi connectivity index (χ0n) is 10.8. The summed E-state index contributed by atoms with van der Waals surface area (Å²) in [6, 6.07) is 16.9. The van der Waals surface area contributed by atoms with E-state index in [-0.39, 0.29) is 5.12 Å². The highest BCUT2D eigenvalue weighted by Crippen LogP contribution is 2.24. The number of carbonyl (C=O) groups is 1. The summed E-state index contributed by atoms with van der Waals surface area (Å²) >= 11 is 1.24. The van der Waals surface area contributed by atoms with Gasteiger partial charge in [-0.25, -0.2) is 0 Å². The van der Waals surface area contributed by atoms with Crippen molar-refractivity contribution in [2.75, 3.05) is 5.75 Å². The second kappa shape index (κ2) is 7.38. The fourth-order valence-corrected chi connectivity index (χ4v) is 2.62. The van der Waals surface area contributed by atoms with E-state index in [1.807, 2.05) is 30.3 Å². The Bertz CT molecular complexity index is 637. The van der Waals surface area contributed by atoms with E-state index in [0.717, 1.165) is 6.42 Å². The van der Waals surface area contributed by atoms with Crippen molar-refractivity contribution < 1.29 is 4.79 Å². The van der Waals surface area contributed by atoms with Crippen LogP contribution in [0.25, 0.3) is 10.4 Å². The summed E-state index contributed by atoms with van der Waals surface area (Å²) in [5.41, 5.74) is 10.5. The van der Waals surface area contributed by atoms with Crippen LogP contribution >= 0.6 is 11.8 Å². The molecule has 2 aromatic rings. The van der Waals surface area contributed by atoms with Crippen LogP contribution in [0.4, 0.5) is 5.69 Å². The van der Waals surface area contributed by atoms with Gasteiger partial charge in [-0.1, -0.05) is 71.5 Å². The van der Waals surface area contributed by atoms with Crippen molar-refractivity contribution in [1.29, 1.82) is 0 Å². The number of hydrogen-bond donors (Lipinski definition) is 0. The molecule has 0 fully saturated rings. The van der Waals surface area contributed by atoms with Crippen molar-refractivity contribution >= 4 is 22.6 Å². The summed E-state index contributed by atoms with van der Waals surface area (Å²) in [5, 5.41) is 3.47. The summed E-state index contributed by atoms with van der Waals surface area (Å²) in [6.07, 6.45) is 0.834. The Hall–Kier alpha value is -2.23. The van der Waals surface area contributed by atoms with Gasteiger partial charge in [0, 0.05) is 21.9 Å². The zero-order chi connectivity index (χ0) is 14.2. The number of benzene rings is 2. The van der Waals surface area contributed by atoms with E-state index in [1.54, 1.807) is 24.3 Å². The van der Waals surface area contributed by atoms with E-state index in [1.165, 1.54) is 17.3 Å². The number of hydrogen-bond acceptors (Lipinski definition) is 3. The highest BCUT2D eigenvalue weighted by atomic mass is 32.2. The number of thioether (sulfide) groups is 1. The minimum Gasteiger partial charge on any atom is -0.282 e. The van der Waals surface area contributed by atoms with Crippen LogP contribution in [0, 0.1) is 0 Å². The largest absolute Gasteiger partial charge is 0.282 e. The van der Waals surface area contributed by atoms with Crippen molar-refractivity contribution in [3.63, 3.8) is 0 Å². The number of aryl methyl sites for hydroxylation is 1. The summed E-state index contributed by atoms with van der Waals surface area (Å²) in [4.78, 5) is 14.9. The number of rotatable bonds is 5. The van der Waals surface area contributed by atoms with E-state index in [9.17, 15) is 4.79 Å². The van der Waals surface area contributed by atoms with E-state index in [4.69, 9.17) is 5.53 Å². The summed E-state index contributed by atoms with van der Waals surface area (Å²) in [6.45, 7) is 0. The zero-order valence-corrected chi connectivity index (χ0v) is 11.6. The lowest BCUT2D eigenvalue weighted by atomic mass is 10.2. The molecule has 0 aliphatic rings. The Morgan fingerprint density at radius 2 is 1.80 bits per heavy atom. The molecule has 5 heteroatoms. The molecule has 0 N–H and O–H groups in total. The van der Waals surface area contributed by atoms with Crippen molar-refractivity contribution in [3.05, 3.63) is 76.2 Å². The second-order valence-electron chi connectivity index (χ2n) is 4.08. The highest BCUT2D eigenvalue weighted by Gasteiger charge is 2.10. The standard InChI is InChI=1S/C15H13N3OS/c16-18-17-14-9-5-4-8-13(14)15(19)20-11-10-12-6-2-1-3-7-12/h1-9H,10-11H2. The first-order chi connectivity index (χ1) is 9.81. The van der Waals surface area contributed by atoms with Crippen LogP contribution in [0.3, 0.4) is 0 Å². The van der Waals surface area contributed by atoms with Gasteiger partial charge in [0.1, 0.15) is 0 Å². The fourth-order valence-electron chi connectivity index (χ4n) is 1.77. The Morgan fingerprint density at radius 1 is 1.10 bits per heavy atom. The molecule has 0 heterocycles. The molecule has 0 atom stereocenters. The molecule has 2 aromatic carbocycles. The minimum atomic E-state index is -0.0658. The lowest BCUT2D eigenvalue weighted by molar-refractivity contribution is 0.108. The van der Waals surface area contributed by atoms with E-state index in [2.05, 4.69) is 10.0 Å². The van der Waals surface area contributed by atoms with Crippen LogP contribution in [0.5, 0.6) is 0 Å². The predicted molar refractivity (Wildman–Crippen MR) is 82.2 cm³/mol. The van der Waals surface area contributed by atoms with Gasteiger partial charge in [-0.15, -0.1) is 0 Å². The van der Waals surface area contributed by atoms with Crippen LogP contribution in [0.15, 0.2) is 59.7 Å². The van der Waals surface area contributed by atoms with Crippen LogP contribution in [0.2, 0.25) is 0 Å². The topological polar surface area (TPSA) is 65.8 Å². The maximum atomic E-state index is 12.1. The van der Waals surface area contributed by atoms with Crippen molar-refractivity contribution in [3.8, 4) is 0 Å². The molecule has 0 aromatic heterocycles. The van der Waals surface area contributed by atoms with Crippen LogP contribution in [-0.2, 0) is 6.42 Å². The molecule has 0 aliphatic heterocycles. The molecular weight excluding hydrogens is 270 g/mol.